The first-order chi connectivity index (χ1) is 32.2. The molecule has 0 spiro atoms. The van der Waals surface area contributed by atoms with Gasteiger partial charge in [0.1, 0.15) is 33.8 Å². The number of carbonyl (C=O) groups excluding carboxylic acids is 2. The zero-order valence-electron chi connectivity index (χ0n) is 38.6. The fourth-order valence-electron chi connectivity index (χ4n) is 8.34. The van der Waals surface area contributed by atoms with Gasteiger partial charge in [0.2, 0.25) is 0 Å². The van der Waals surface area contributed by atoms with E-state index in [-0.39, 0.29) is 58.3 Å². The van der Waals surface area contributed by atoms with Crippen molar-refractivity contribution >= 4 is 80.2 Å². The number of ether oxygens (including phenoxy) is 2. The zero-order chi connectivity index (χ0) is 49.2. The number of fused-ring (bicyclic) bond motifs is 2. The molecular formula is C48H48Cl2F2N12O4. The number of hydrogen-bond donors (Lipinski definition) is 2. The minimum absolute atomic E-state index is 0.0663. The van der Waals surface area contributed by atoms with Crippen LogP contribution in [0.4, 0.5) is 31.8 Å². The molecule has 2 N–H and O–H groups in total. The molecule has 352 valence electrons. The van der Waals surface area contributed by atoms with Crippen molar-refractivity contribution in [1.29, 1.82) is 10.5 Å². The topological polar surface area (TPSA) is 208 Å². The van der Waals surface area contributed by atoms with Gasteiger partial charge in [-0.1, -0.05) is 35.3 Å². The van der Waals surface area contributed by atoms with E-state index >= 15 is 0 Å². The van der Waals surface area contributed by atoms with Gasteiger partial charge in [-0.05, 0) is 89.1 Å². The number of benzene rings is 2. The minimum Gasteiger partial charge on any atom is -0.464 e. The molecule has 0 aliphatic carbocycles. The number of esters is 2. The largest absolute Gasteiger partial charge is 0.464 e. The second kappa shape index (κ2) is 19.7. The van der Waals surface area contributed by atoms with Gasteiger partial charge in [0, 0.05) is 37.1 Å². The van der Waals surface area contributed by atoms with Crippen LogP contribution >= 0.6 is 23.2 Å². The summed E-state index contributed by atoms with van der Waals surface area (Å²) in [6.45, 7) is 12.0. The maximum atomic E-state index is 14.5. The van der Waals surface area contributed by atoms with E-state index in [0.29, 0.717) is 71.0 Å². The van der Waals surface area contributed by atoms with E-state index < -0.39 is 23.3 Å². The number of anilines is 4. The van der Waals surface area contributed by atoms with Crippen LogP contribution in [0.2, 0.25) is 10.3 Å². The van der Waals surface area contributed by atoms with E-state index in [1.165, 1.54) is 14.2 Å². The Kier molecular flexibility index (Phi) is 14.1. The van der Waals surface area contributed by atoms with Crippen LogP contribution in [0.25, 0.3) is 22.1 Å². The number of methoxy groups -OCH3 is 2. The van der Waals surface area contributed by atoms with Crippen molar-refractivity contribution in [2.24, 2.45) is 0 Å². The van der Waals surface area contributed by atoms with Crippen molar-refractivity contribution in [3.63, 3.8) is 0 Å². The highest BCUT2D eigenvalue weighted by atomic mass is 35.5. The average molecular weight is 966 g/mol. The fraction of sp³-hybridized carbons (Fsp3) is 0.375. The van der Waals surface area contributed by atoms with E-state index in [1.54, 1.807) is 47.9 Å². The fourth-order valence-corrected chi connectivity index (χ4v) is 8.63. The number of alkyl halides is 2. The van der Waals surface area contributed by atoms with Gasteiger partial charge in [0.05, 0.1) is 72.8 Å². The summed E-state index contributed by atoms with van der Waals surface area (Å²) in [5.74, 6) is -0.486. The molecule has 6 heterocycles. The Morgan fingerprint density at radius 3 is 1.38 bits per heavy atom. The smallest absolute Gasteiger partial charge is 0.358 e. The van der Waals surface area contributed by atoms with Gasteiger partial charge >= 0.3 is 11.9 Å². The molecule has 0 bridgehead atoms. The van der Waals surface area contributed by atoms with Crippen LogP contribution in [0.15, 0.2) is 48.5 Å². The standard InChI is InChI=1S/2C24H24ClFN6O2/c2*1-13-9-15(14(2)28-16-5-6-19(25)30-21(16)23(33)34-4)20-17(10-13)29-18(11-27)22(31-20)32-8-7-24(3,26)12-32/h2*5-6,9-10,14,28H,7-8,12H2,1-4H3/t14-,24+;14-,24-/m11/s1. The summed E-state index contributed by atoms with van der Waals surface area (Å²) in [7, 11) is 2.55. The molecular weight excluding hydrogens is 918 g/mol. The summed E-state index contributed by atoms with van der Waals surface area (Å²) in [5, 5.41) is 26.3. The molecule has 2 aromatic carbocycles. The molecule has 0 unspecified atom stereocenters. The highest BCUT2D eigenvalue weighted by Crippen LogP contribution is 2.36. The lowest BCUT2D eigenvalue weighted by Gasteiger charge is -2.22. The van der Waals surface area contributed by atoms with Crippen LogP contribution < -0.4 is 20.4 Å². The second-order valence-electron chi connectivity index (χ2n) is 17.4. The van der Waals surface area contributed by atoms with Crippen LogP contribution in [0.3, 0.4) is 0 Å². The molecule has 0 saturated carbocycles. The predicted molar refractivity (Wildman–Crippen MR) is 256 cm³/mol. The van der Waals surface area contributed by atoms with Gasteiger partial charge < -0.3 is 29.9 Å². The van der Waals surface area contributed by atoms with Crippen molar-refractivity contribution in [2.75, 3.05) is 60.8 Å². The summed E-state index contributed by atoms with van der Waals surface area (Å²) in [4.78, 5) is 54.8. The number of nitrogens with one attached hydrogen (secondary N) is 2. The summed E-state index contributed by atoms with van der Waals surface area (Å²) in [5.41, 5.74) is 4.46. The number of pyridine rings is 2. The summed E-state index contributed by atoms with van der Waals surface area (Å²) < 4.78 is 38.7. The van der Waals surface area contributed by atoms with Gasteiger partial charge in [-0.2, -0.15) is 10.5 Å². The predicted octanol–water partition coefficient (Wildman–Crippen LogP) is 9.51. The lowest BCUT2D eigenvalue weighted by atomic mass is 10.0. The van der Waals surface area contributed by atoms with Crippen molar-refractivity contribution in [2.45, 2.75) is 77.8 Å². The molecule has 4 aromatic heterocycles. The zero-order valence-corrected chi connectivity index (χ0v) is 40.1. The second-order valence-corrected chi connectivity index (χ2v) is 18.2. The number of rotatable bonds is 10. The van der Waals surface area contributed by atoms with Crippen LogP contribution in [0.5, 0.6) is 0 Å². The van der Waals surface area contributed by atoms with Crippen molar-refractivity contribution in [3.05, 3.63) is 104 Å². The lowest BCUT2D eigenvalue weighted by molar-refractivity contribution is 0.0586. The summed E-state index contributed by atoms with van der Waals surface area (Å²) >= 11 is 12.0. The number of carbonyl (C=O) groups is 2. The van der Waals surface area contributed by atoms with Crippen molar-refractivity contribution in [1.82, 2.24) is 29.9 Å². The van der Waals surface area contributed by atoms with Gasteiger partial charge in [-0.15, -0.1) is 0 Å². The van der Waals surface area contributed by atoms with E-state index in [2.05, 4.69) is 42.7 Å². The maximum Gasteiger partial charge on any atom is 0.358 e. The van der Waals surface area contributed by atoms with Gasteiger partial charge in [-0.3, -0.25) is 0 Å². The van der Waals surface area contributed by atoms with Crippen LogP contribution in [-0.2, 0) is 9.47 Å². The third-order valence-electron chi connectivity index (χ3n) is 11.7. The van der Waals surface area contributed by atoms with Gasteiger partial charge in [-0.25, -0.2) is 48.3 Å². The first-order valence-corrected chi connectivity index (χ1v) is 22.3. The van der Waals surface area contributed by atoms with E-state index in [9.17, 15) is 28.9 Å². The summed E-state index contributed by atoms with van der Waals surface area (Å²) in [6, 6.07) is 17.7. The highest BCUT2D eigenvalue weighted by molar-refractivity contribution is 6.30. The Hall–Kier alpha value is -7.02. The van der Waals surface area contributed by atoms with E-state index in [0.717, 1.165) is 22.3 Å². The monoisotopic (exact) mass is 964 g/mol. The molecule has 0 radical (unpaired) electrons. The third-order valence-corrected chi connectivity index (χ3v) is 12.1. The number of halogens is 4. The van der Waals surface area contributed by atoms with Crippen molar-refractivity contribution < 1.29 is 27.8 Å². The summed E-state index contributed by atoms with van der Waals surface area (Å²) in [6.07, 6.45) is 0.715. The Morgan fingerprint density at radius 2 is 1.06 bits per heavy atom. The quantitative estimate of drug-likeness (QED) is 0.0968. The Labute approximate surface area is 401 Å². The normalized spacial score (nSPS) is 18.6. The molecule has 8 rings (SSSR count). The average Bonchev–Trinajstić information content (AvgIpc) is 3.87. The molecule has 2 saturated heterocycles. The van der Waals surface area contributed by atoms with E-state index in [4.69, 9.17) is 42.6 Å². The number of aryl methyl sites for hydroxylation is 2. The minimum atomic E-state index is -1.35. The molecule has 4 atom stereocenters. The molecule has 20 heteroatoms. The number of hydrogen-bond acceptors (Lipinski definition) is 16. The molecule has 6 aromatic rings. The van der Waals surface area contributed by atoms with Crippen LogP contribution in [0.1, 0.15) is 107 Å². The number of aromatic nitrogens is 6. The molecule has 2 aliphatic rings. The molecule has 0 amide bonds. The van der Waals surface area contributed by atoms with Crippen LogP contribution in [0, 0.1) is 36.5 Å². The lowest BCUT2D eigenvalue weighted by Crippen LogP contribution is -2.27. The first kappa shape index (κ1) is 48.9. The maximum absolute atomic E-state index is 14.5. The first-order valence-electron chi connectivity index (χ1n) is 21.6. The van der Waals surface area contributed by atoms with Crippen LogP contribution in [-0.4, -0.2) is 93.6 Å². The number of nitrogens with zero attached hydrogens (tertiary/aromatic N) is 10. The van der Waals surface area contributed by atoms with Crippen molar-refractivity contribution in [3.8, 4) is 12.1 Å². The van der Waals surface area contributed by atoms with Gasteiger partial charge in [0.25, 0.3) is 0 Å². The van der Waals surface area contributed by atoms with E-state index in [1.807, 2.05) is 52.0 Å². The molecule has 2 aliphatic heterocycles. The highest BCUT2D eigenvalue weighted by Gasteiger charge is 2.37. The number of nitriles is 2. The Bertz CT molecular complexity index is 2850. The third kappa shape index (κ3) is 10.6. The Morgan fingerprint density at radius 1 is 0.676 bits per heavy atom. The SMILES string of the molecule is COC(=O)c1nc(Cl)ccc1N[C@H](C)c1cc(C)cc2nc(C#N)c(N3CC[C@@](C)(F)C3)nc12.COC(=O)c1nc(Cl)ccc1N[C@H](C)c1cc(C)cc2nc(C#N)c(N3CC[C@](C)(F)C3)nc12. The molecule has 16 nitrogen and oxygen atoms in total. The van der Waals surface area contributed by atoms with Gasteiger partial charge in [0.15, 0.2) is 34.4 Å². The molecule has 68 heavy (non-hydrogen) atoms. The molecule has 2 fully saturated rings. The Balaban J connectivity index is 0.000000201.